The van der Waals surface area contributed by atoms with E-state index < -0.39 is 0 Å². The Morgan fingerprint density at radius 2 is 1.67 bits per heavy atom. The molecule has 0 saturated carbocycles. The first-order valence-corrected chi connectivity index (χ1v) is 8.07. The highest BCUT2D eigenvalue weighted by molar-refractivity contribution is 5.36. The van der Waals surface area contributed by atoms with Gasteiger partial charge in [0.2, 0.25) is 0 Å². The summed E-state index contributed by atoms with van der Waals surface area (Å²) in [6, 6.07) is 17.2. The van der Waals surface area contributed by atoms with Crippen LogP contribution in [0.1, 0.15) is 22.5 Å². The fourth-order valence-corrected chi connectivity index (χ4v) is 2.95. The Labute approximate surface area is 142 Å². The molecule has 1 aromatic heterocycles. The highest BCUT2D eigenvalue weighted by Gasteiger charge is 2.06. The van der Waals surface area contributed by atoms with E-state index in [9.17, 15) is 4.39 Å². The molecule has 124 valence electrons. The summed E-state index contributed by atoms with van der Waals surface area (Å²) in [5, 5.41) is 4.51. The summed E-state index contributed by atoms with van der Waals surface area (Å²) in [7, 11) is 2.04. The summed E-state index contributed by atoms with van der Waals surface area (Å²) in [5.41, 5.74) is 5.42. The molecule has 2 aromatic carbocycles. The van der Waals surface area contributed by atoms with E-state index in [1.165, 1.54) is 11.6 Å². The largest absolute Gasteiger partial charge is 0.298 e. The molecule has 0 fully saturated rings. The Bertz CT molecular complexity index is 821. The van der Waals surface area contributed by atoms with Crippen molar-refractivity contribution in [3.05, 3.63) is 82.9 Å². The predicted octanol–water partition coefficient (Wildman–Crippen LogP) is 4.26. The molecule has 4 heteroatoms. The highest BCUT2D eigenvalue weighted by Crippen LogP contribution is 2.15. The normalized spacial score (nSPS) is 11.2. The van der Waals surface area contributed by atoms with Gasteiger partial charge in [0.1, 0.15) is 5.82 Å². The molecule has 0 atom stereocenters. The number of nitrogens with zero attached hydrogens (tertiary/aromatic N) is 3. The van der Waals surface area contributed by atoms with Gasteiger partial charge in [-0.25, -0.2) is 9.07 Å². The molecule has 0 radical (unpaired) electrons. The lowest BCUT2D eigenvalue weighted by Crippen LogP contribution is -2.17. The number of hydrogen-bond acceptors (Lipinski definition) is 2. The number of aryl methyl sites for hydroxylation is 2. The van der Waals surface area contributed by atoms with Crippen molar-refractivity contribution in [3.63, 3.8) is 0 Å². The minimum atomic E-state index is -0.185. The van der Waals surface area contributed by atoms with Crippen LogP contribution in [0.2, 0.25) is 0 Å². The van der Waals surface area contributed by atoms with Gasteiger partial charge >= 0.3 is 0 Å². The van der Waals surface area contributed by atoms with Crippen molar-refractivity contribution in [1.82, 2.24) is 14.7 Å². The van der Waals surface area contributed by atoms with Gasteiger partial charge in [-0.1, -0.05) is 24.3 Å². The zero-order chi connectivity index (χ0) is 17.1. The van der Waals surface area contributed by atoms with Crippen molar-refractivity contribution in [1.29, 1.82) is 0 Å². The first-order chi connectivity index (χ1) is 11.5. The van der Waals surface area contributed by atoms with E-state index in [0.717, 1.165) is 35.7 Å². The Kier molecular flexibility index (Phi) is 4.76. The van der Waals surface area contributed by atoms with Gasteiger partial charge in [-0.2, -0.15) is 5.10 Å². The molecule has 0 spiro atoms. The minimum absolute atomic E-state index is 0.185. The fourth-order valence-electron chi connectivity index (χ4n) is 2.95. The second-order valence-electron chi connectivity index (χ2n) is 6.31. The number of benzene rings is 2. The van der Waals surface area contributed by atoms with Crippen LogP contribution < -0.4 is 0 Å². The second-order valence-corrected chi connectivity index (χ2v) is 6.31. The van der Waals surface area contributed by atoms with Crippen molar-refractivity contribution in [2.75, 3.05) is 7.05 Å². The molecule has 1 heterocycles. The average molecular weight is 323 g/mol. The standard InChI is InChI=1S/C20H22FN3/c1-15-11-16(2)24(22-15)20-9-7-17(8-10-20)13-23(3)14-18-5-4-6-19(21)12-18/h4-12H,13-14H2,1-3H3. The molecule has 3 aromatic rings. The fraction of sp³-hybridized carbons (Fsp3) is 0.250. The first-order valence-electron chi connectivity index (χ1n) is 8.07. The van der Waals surface area contributed by atoms with Gasteiger partial charge in [0.15, 0.2) is 0 Å². The molecule has 3 nitrogen and oxygen atoms in total. The molecular weight excluding hydrogens is 301 g/mol. The van der Waals surface area contributed by atoms with Crippen molar-refractivity contribution in [2.45, 2.75) is 26.9 Å². The van der Waals surface area contributed by atoms with Crippen molar-refractivity contribution >= 4 is 0 Å². The molecule has 0 amide bonds. The third-order valence-corrected chi connectivity index (χ3v) is 3.98. The van der Waals surface area contributed by atoms with Crippen LogP contribution in [0.3, 0.4) is 0 Å². The maximum Gasteiger partial charge on any atom is 0.123 e. The maximum atomic E-state index is 13.3. The van der Waals surface area contributed by atoms with E-state index in [-0.39, 0.29) is 5.82 Å². The molecule has 0 aliphatic rings. The van der Waals surface area contributed by atoms with E-state index in [1.54, 1.807) is 12.1 Å². The summed E-state index contributed by atoms with van der Waals surface area (Å²) >= 11 is 0. The summed E-state index contributed by atoms with van der Waals surface area (Å²) < 4.78 is 15.2. The number of hydrogen-bond donors (Lipinski definition) is 0. The predicted molar refractivity (Wildman–Crippen MR) is 94.6 cm³/mol. The van der Waals surface area contributed by atoms with Crippen LogP contribution >= 0.6 is 0 Å². The van der Waals surface area contributed by atoms with Crippen LogP contribution in [0.5, 0.6) is 0 Å². The summed E-state index contributed by atoms with van der Waals surface area (Å²) in [4.78, 5) is 2.17. The van der Waals surface area contributed by atoms with Crippen LogP contribution in [-0.2, 0) is 13.1 Å². The Hall–Kier alpha value is -2.46. The number of halogens is 1. The summed E-state index contributed by atoms with van der Waals surface area (Å²) in [6.45, 7) is 5.59. The molecule has 3 rings (SSSR count). The Morgan fingerprint density at radius 3 is 2.29 bits per heavy atom. The van der Waals surface area contributed by atoms with Gasteiger partial charge < -0.3 is 0 Å². The zero-order valence-corrected chi connectivity index (χ0v) is 14.3. The van der Waals surface area contributed by atoms with E-state index in [1.807, 2.05) is 24.7 Å². The SMILES string of the molecule is Cc1cc(C)n(-c2ccc(CN(C)Cc3cccc(F)c3)cc2)n1. The summed E-state index contributed by atoms with van der Waals surface area (Å²) in [6.07, 6.45) is 0. The van der Waals surface area contributed by atoms with Gasteiger partial charge in [0.25, 0.3) is 0 Å². The van der Waals surface area contributed by atoms with Crippen LogP contribution in [0, 0.1) is 19.7 Å². The smallest absolute Gasteiger partial charge is 0.123 e. The lowest BCUT2D eigenvalue weighted by atomic mass is 10.1. The molecule has 0 N–H and O–H groups in total. The van der Waals surface area contributed by atoms with Crippen LogP contribution in [-0.4, -0.2) is 21.7 Å². The van der Waals surface area contributed by atoms with Gasteiger partial charge in [0, 0.05) is 18.8 Å². The topological polar surface area (TPSA) is 21.1 Å². The van der Waals surface area contributed by atoms with Gasteiger partial charge in [-0.3, -0.25) is 4.90 Å². The van der Waals surface area contributed by atoms with E-state index in [2.05, 4.69) is 47.3 Å². The Balaban J connectivity index is 1.66. The minimum Gasteiger partial charge on any atom is -0.298 e. The molecule has 0 aliphatic carbocycles. The van der Waals surface area contributed by atoms with Crippen LogP contribution in [0.4, 0.5) is 4.39 Å². The molecular formula is C20H22FN3. The number of rotatable bonds is 5. The molecule has 0 bridgehead atoms. The van der Waals surface area contributed by atoms with E-state index in [0.29, 0.717) is 0 Å². The molecule has 0 unspecified atom stereocenters. The van der Waals surface area contributed by atoms with Crippen molar-refractivity contribution < 1.29 is 4.39 Å². The van der Waals surface area contributed by atoms with Crippen molar-refractivity contribution in [3.8, 4) is 5.69 Å². The summed E-state index contributed by atoms with van der Waals surface area (Å²) in [5.74, 6) is -0.185. The monoisotopic (exact) mass is 323 g/mol. The first kappa shape index (κ1) is 16.4. The molecule has 0 aliphatic heterocycles. The van der Waals surface area contributed by atoms with Crippen LogP contribution in [0.15, 0.2) is 54.6 Å². The van der Waals surface area contributed by atoms with Crippen LogP contribution in [0.25, 0.3) is 5.69 Å². The molecule has 24 heavy (non-hydrogen) atoms. The number of aromatic nitrogens is 2. The highest BCUT2D eigenvalue weighted by atomic mass is 19.1. The lowest BCUT2D eigenvalue weighted by molar-refractivity contribution is 0.318. The van der Waals surface area contributed by atoms with Gasteiger partial charge in [-0.05, 0) is 62.4 Å². The van der Waals surface area contributed by atoms with E-state index in [4.69, 9.17) is 0 Å². The third-order valence-electron chi connectivity index (χ3n) is 3.98. The van der Waals surface area contributed by atoms with E-state index >= 15 is 0 Å². The van der Waals surface area contributed by atoms with Gasteiger partial charge in [0.05, 0.1) is 11.4 Å². The molecule has 0 saturated heterocycles. The van der Waals surface area contributed by atoms with Crippen molar-refractivity contribution in [2.24, 2.45) is 0 Å². The zero-order valence-electron chi connectivity index (χ0n) is 14.3. The third kappa shape index (κ3) is 3.89. The maximum absolute atomic E-state index is 13.3. The Morgan fingerprint density at radius 1 is 0.958 bits per heavy atom. The quantitative estimate of drug-likeness (QED) is 0.699. The lowest BCUT2D eigenvalue weighted by Gasteiger charge is -2.17. The van der Waals surface area contributed by atoms with Gasteiger partial charge in [-0.15, -0.1) is 0 Å². The average Bonchev–Trinajstić information content (AvgIpc) is 2.86. The second kappa shape index (κ2) is 6.97.